The summed E-state index contributed by atoms with van der Waals surface area (Å²) in [7, 11) is 0. The largest absolute Gasteiger partial charge is 0.392 e. The topological polar surface area (TPSA) is 43.8 Å². The van der Waals surface area contributed by atoms with Gasteiger partial charge in [-0.1, -0.05) is 36.9 Å². The number of aliphatic hydroxyl groups is 1. The molecule has 0 aromatic heterocycles. The summed E-state index contributed by atoms with van der Waals surface area (Å²) < 4.78 is 1.22. The zero-order valence-corrected chi connectivity index (χ0v) is 15.3. The highest BCUT2D eigenvalue weighted by molar-refractivity contribution is 8.23. The Kier molecular flexibility index (Phi) is 4.54. The normalized spacial score (nSPS) is 30.2. The molecule has 0 bridgehead atoms. The number of carbonyl (C=O) groups excluding carboxylic acids is 1. The molecule has 3 heterocycles. The number of thioether (sulfide) groups is 2. The number of aliphatic hydroxyl groups excluding tert-OH is 1. The van der Waals surface area contributed by atoms with Gasteiger partial charge in [-0.2, -0.15) is 0 Å². The fourth-order valence-corrected chi connectivity index (χ4v) is 6.61. The van der Waals surface area contributed by atoms with Gasteiger partial charge in [0.15, 0.2) is 0 Å². The molecule has 6 heteroatoms. The summed E-state index contributed by atoms with van der Waals surface area (Å²) in [5.41, 5.74) is 1.29. The minimum Gasteiger partial charge on any atom is -0.392 e. The first-order valence-corrected chi connectivity index (χ1v) is 10.3. The third-order valence-corrected chi connectivity index (χ3v) is 7.72. The van der Waals surface area contributed by atoms with E-state index in [1.54, 1.807) is 16.7 Å². The Hall–Kier alpha value is -1.11. The molecule has 4 atom stereocenters. The third-order valence-electron chi connectivity index (χ3n) is 4.98. The van der Waals surface area contributed by atoms with Crippen LogP contribution in [0.25, 0.3) is 0 Å². The number of carbonyl (C=O) groups is 1. The molecule has 128 valence electrons. The average molecular weight is 363 g/mol. The van der Waals surface area contributed by atoms with Crippen LogP contribution in [0.1, 0.15) is 19.8 Å². The predicted molar refractivity (Wildman–Crippen MR) is 101 cm³/mol. The van der Waals surface area contributed by atoms with E-state index in [1.165, 1.54) is 9.92 Å². The number of β-lactam (4-membered cyclic amide) rings is 1. The lowest BCUT2D eigenvalue weighted by Gasteiger charge is -2.42. The molecular weight excluding hydrogens is 340 g/mol. The van der Waals surface area contributed by atoms with Crippen molar-refractivity contribution >= 4 is 35.1 Å². The van der Waals surface area contributed by atoms with Crippen LogP contribution in [0, 0.1) is 5.92 Å². The summed E-state index contributed by atoms with van der Waals surface area (Å²) in [5, 5.41) is 10.7. The second-order valence-corrected chi connectivity index (χ2v) is 9.27. The van der Waals surface area contributed by atoms with Crippen molar-refractivity contribution in [3.63, 3.8) is 0 Å². The zero-order valence-electron chi connectivity index (χ0n) is 13.7. The number of fused-ring (bicyclic) bond motifs is 1. The molecule has 2 saturated heterocycles. The summed E-state index contributed by atoms with van der Waals surface area (Å²) in [6.45, 7) is 4.06. The van der Waals surface area contributed by atoms with E-state index in [1.807, 2.05) is 31.0 Å². The van der Waals surface area contributed by atoms with E-state index >= 15 is 0 Å². The number of rotatable bonds is 5. The standard InChI is InChI=1S/C18H22N2O2S2/c1-2-14(21)16-17(22)20-11-15(24-18(16)20)23-13-8-9-19(10-13)12-6-4-3-5-7-12/h3-7,11,13-14,16,18,21H,2,8-10H2,1H3/t13?,14-,16+,18+/m0/s1. The molecule has 0 aliphatic carbocycles. The Bertz CT molecular complexity index is 652. The highest BCUT2D eigenvalue weighted by Crippen LogP contribution is 2.51. The molecule has 0 saturated carbocycles. The molecule has 3 aliphatic rings. The smallest absolute Gasteiger partial charge is 0.236 e. The molecule has 1 aromatic rings. The fourth-order valence-electron chi connectivity index (χ4n) is 3.57. The summed E-state index contributed by atoms with van der Waals surface area (Å²) >= 11 is 3.64. The molecule has 1 amide bonds. The minimum atomic E-state index is -0.510. The van der Waals surface area contributed by atoms with Gasteiger partial charge in [-0.3, -0.25) is 4.79 Å². The molecule has 2 fully saturated rings. The van der Waals surface area contributed by atoms with Crippen LogP contribution in [0.3, 0.4) is 0 Å². The number of hydrogen-bond donors (Lipinski definition) is 1. The number of amides is 1. The molecule has 1 unspecified atom stereocenters. The van der Waals surface area contributed by atoms with Gasteiger partial charge in [-0.25, -0.2) is 0 Å². The van der Waals surface area contributed by atoms with Gasteiger partial charge in [0.1, 0.15) is 5.37 Å². The van der Waals surface area contributed by atoms with Crippen LogP contribution in [0.15, 0.2) is 40.8 Å². The van der Waals surface area contributed by atoms with Crippen LogP contribution in [-0.2, 0) is 4.79 Å². The monoisotopic (exact) mass is 362 g/mol. The number of benzene rings is 1. The predicted octanol–water partition coefficient (Wildman–Crippen LogP) is 3.10. The fraction of sp³-hybridized carbons (Fsp3) is 0.500. The maximum Gasteiger partial charge on any atom is 0.236 e. The van der Waals surface area contributed by atoms with Crippen LogP contribution < -0.4 is 4.90 Å². The molecule has 0 radical (unpaired) electrons. The Morgan fingerprint density at radius 1 is 1.38 bits per heavy atom. The summed E-state index contributed by atoms with van der Waals surface area (Å²) in [6.07, 6.45) is 3.28. The highest BCUT2D eigenvalue weighted by atomic mass is 32.2. The quantitative estimate of drug-likeness (QED) is 0.816. The van der Waals surface area contributed by atoms with E-state index in [-0.39, 0.29) is 17.2 Å². The van der Waals surface area contributed by atoms with Crippen LogP contribution in [0.2, 0.25) is 0 Å². The van der Waals surface area contributed by atoms with Crippen molar-refractivity contribution in [1.29, 1.82) is 0 Å². The number of anilines is 1. The first-order valence-electron chi connectivity index (χ1n) is 8.52. The van der Waals surface area contributed by atoms with E-state index in [0.717, 1.165) is 19.5 Å². The Balaban J connectivity index is 1.34. The lowest BCUT2D eigenvalue weighted by molar-refractivity contribution is -0.152. The number of hydrogen-bond acceptors (Lipinski definition) is 5. The van der Waals surface area contributed by atoms with Gasteiger partial charge < -0.3 is 14.9 Å². The molecule has 1 N–H and O–H groups in total. The van der Waals surface area contributed by atoms with Gasteiger partial charge in [0.25, 0.3) is 0 Å². The average Bonchev–Trinajstić information content (AvgIpc) is 3.21. The third kappa shape index (κ3) is 2.85. The van der Waals surface area contributed by atoms with Crippen molar-refractivity contribution < 1.29 is 9.90 Å². The van der Waals surface area contributed by atoms with Crippen molar-refractivity contribution in [2.75, 3.05) is 18.0 Å². The molecule has 4 nitrogen and oxygen atoms in total. The summed E-state index contributed by atoms with van der Waals surface area (Å²) in [6, 6.07) is 10.5. The van der Waals surface area contributed by atoms with Crippen LogP contribution in [0.5, 0.6) is 0 Å². The van der Waals surface area contributed by atoms with Gasteiger partial charge in [0.2, 0.25) is 5.91 Å². The van der Waals surface area contributed by atoms with E-state index in [9.17, 15) is 9.90 Å². The van der Waals surface area contributed by atoms with Crippen molar-refractivity contribution in [3.05, 3.63) is 40.8 Å². The van der Waals surface area contributed by atoms with Gasteiger partial charge in [0, 0.05) is 30.2 Å². The number of nitrogens with zero attached hydrogens (tertiary/aromatic N) is 2. The van der Waals surface area contributed by atoms with Gasteiger partial charge in [-0.05, 0) is 25.0 Å². The van der Waals surface area contributed by atoms with Gasteiger partial charge in [0.05, 0.1) is 16.3 Å². The molecule has 4 rings (SSSR count). The van der Waals surface area contributed by atoms with Gasteiger partial charge >= 0.3 is 0 Å². The Morgan fingerprint density at radius 2 is 2.17 bits per heavy atom. The molecule has 24 heavy (non-hydrogen) atoms. The first-order chi connectivity index (χ1) is 11.7. The zero-order chi connectivity index (χ0) is 16.7. The Labute approximate surface area is 151 Å². The van der Waals surface area contributed by atoms with Crippen LogP contribution >= 0.6 is 23.5 Å². The SMILES string of the molecule is CC[C@H](O)[C@@H]1C(=O)N2C=C(SC3CCN(c4ccccc4)C3)S[C@H]12. The lowest BCUT2D eigenvalue weighted by atomic mass is 9.91. The van der Waals surface area contributed by atoms with E-state index in [4.69, 9.17) is 0 Å². The summed E-state index contributed by atoms with van der Waals surface area (Å²) in [4.78, 5) is 16.4. The van der Waals surface area contributed by atoms with Crippen LogP contribution in [-0.4, -0.2) is 45.7 Å². The van der Waals surface area contributed by atoms with Crippen molar-refractivity contribution in [2.45, 2.75) is 36.5 Å². The first kappa shape index (κ1) is 16.4. The van der Waals surface area contributed by atoms with E-state index in [2.05, 4.69) is 29.2 Å². The maximum absolute atomic E-state index is 12.2. The van der Waals surface area contributed by atoms with Gasteiger partial charge in [-0.15, -0.1) is 11.8 Å². The molecular formula is C18H22N2O2S2. The van der Waals surface area contributed by atoms with Crippen molar-refractivity contribution in [1.82, 2.24) is 4.90 Å². The summed E-state index contributed by atoms with van der Waals surface area (Å²) in [5.74, 6) is -0.145. The van der Waals surface area contributed by atoms with Crippen LogP contribution in [0.4, 0.5) is 5.69 Å². The molecule has 1 aromatic carbocycles. The van der Waals surface area contributed by atoms with Crippen molar-refractivity contribution in [2.24, 2.45) is 5.92 Å². The number of para-hydroxylation sites is 1. The van der Waals surface area contributed by atoms with Crippen molar-refractivity contribution in [3.8, 4) is 0 Å². The second kappa shape index (κ2) is 6.65. The molecule has 0 spiro atoms. The Morgan fingerprint density at radius 3 is 2.92 bits per heavy atom. The lowest BCUT2D eigenvalue weighted by Crippen LogP contribution is -2.59. The maximum atomic E-state index is 12.2. The highest BCUT2D eigenvalue weighted by Gasteiger charge is 2.53. The van der Waals surface area contributed by atoms with E-state index in [0.29, 0.717) is 11.7 Å². The second-order valence-electron chi connectivity index (χ2n) is 6.51. The molecule has 3 aliphatic heterocycles. The van der Waals surface area contributed by atoms with E-state index < -0.39 is 6.10 Å². The minimum absolute atomic E-state index is 0.0785.